The summed E-state index contributed by atoms with van der Waals surface area (Å²) in [6.07, 6.45) is 0.563. The summed E-state index contributed by atoms with van der Waals surface area (Å²) >= 11 is 0. The number of aliphatic hydroxyl groups excluding tert-OH is 1. The van der Waals surface area contributed by atoms with Crippen LogP contribution in [0.5, 0.6) is 0 Å². The van der Waals surface area contributed by atoms with E-state index in [1.165, 1.54) is 18.5 Å². The normalized spacial score (nSPS) is 22.0. The van der Waals surface area contributed by atoms with Crippen molar-refractivity contribution in [2.75, 3.05) is 19.7 Å². The largest absolute Gasteiger partial charge is 0.387 e. The molecule has 1 aromatic heterocycles. The zero-order valence-electron chi connectivity index (χ0n) is 17.7. The summed E-state index contributed by atoms with van der Waals surface area (Å²) in [5, 5.41) is 33.8. The van der Waals surface area contributed by atoms with E-state index in [2.05, 4.69) is 20.8 Å². The molecule has 1 fully saturated rings. The molecule has 2 aromatic carbocycles. The molecule has 0 aliphatic carbocycles. The van der Waals surface area contributed by atoms with Crippen LogP contribution in [0.15, 0.2) is 73.1 Å². The van der Waals surface area contributed by atoms with Crippen molar-refractivity contribution in [3.05, 3.63) is 84.2 Å². The average Bonchev–Trinajstić information content (AvgIpc) is 3.16. The number of aromatic nitrogens is 2. The van der Waals surface area contributed by atoms with Gasteiger partial charge in [-0.05, 0) is 29.3 Å². The van der Waals surface area contributed by atoms with E-state index in [4.69, 9.17) is 4.74 Å². The lowest BCUT2D eigenvalue weighted by molar-refractivity contribution is -0.0464. The van der Waals surface area contributed by atoms with Crippen molar-refractivity contribution in [3.8, 4) is 11.1 Å². The second kappa shape index (κ2) is 9.86. The second-order valence-electron chi connectivity index (χ2n) is 7.87. The zero-order valence-corrected chi connectivity index (χ0v) is 17.7. The van der Waals surface area contributed by atoms with Crippen LogP contribution in [0, 0.1) is 0 Å². The predicted octanol–water partition coefficient (Wildman–Crippen LogP) is 0.794. The highest BCUT2D eigenvalue weighted by atomic mass is 16.5. The monoisotopic (exact) mass is 448 g/mol. The number of rotatable bonds is 7. The molecule has 0 saturated carbocycles. The molecule has 0 unspecified atom stereocenters. The van der Waals surface area contributed by atoms with Crippen LogP contribution in [0.25, 0.3) is 11.1 Å². The standard InChI is InChI=1S/C24H24N4O5/c29-21-20(33-15-24(21,32)14-26-23(31)19-10-11-27-28-12-19)13-25-22(30)18-8-6-17(7-9-18)16-4-2-1-3-5-16/h1-12,20-21,29,32H,13-15H2,(H,25,30)(H,26,31)/t20-,21-,24+/m1/s1. The van der Waals surface area contributed by atoms with Crippen LogP contribution in [-0.2, 0) is 4.74 Å². The van der Waals surface area contributed by atoms with E-state index in [9.17, 15) is 19.8 Å². The third-order valence-corrected chi connectivity index (χ3v) is 5.57. The summed E-state index contributed by atoms with van der Waals surface area (Å²) in [6, 6.07) is 18.5. The Morgan fingerprint density at radius 1 is 0.939 bits per heavy atom. The minimum absolute atomic E-state index is 0.00493. The van der Waals surface area contributed by atoms with Crippen LogP contribution in [0.3, 0.4) is 0 Å². The topological polar surface area (TPSA) is 134 Å². The molecular weight excluding hydrogens is 424 g/mol. The van der Waals surface area contributed by atoms with Crippen molar-refractivity contribution in [2.45, 2.75) is 17.8 Å². The Morgan fingerprint density at radius 2 is 1.64 bits per heavy atom. The second-order valence-corrected chi connectivity index (χ2v) is 7.87. The van der Waals surface area contributed by atoms with Gasteiger partial charge in [-0.25, -0.2) is 0 Å². The minimum Gasteiger partial charge on any atom is -0.387 e. The third-order valence-electron chi connectivity index (χ3n) is 5.57. The summed E-state index contributed by atoms with van der Waals surface area (Å²) in [4.78, 5) is 24.7. The maximum atomic E-state index is 12.5. The number of hydrogen-bond acceptors (Lipinski definition) is 7. The number of benzene rings is 2. The number of carbonyl (C=O) groups is 2. The Kier molecular flexibility index (Phi) is 6.74. The first kappa shape index (κ1) is 22.5. The smallest absolute Gasteiger partial charge is 0.253 e. The molecule has 0 bridgehead atoms. The van der Waals surface area contributed by atoms with Crippen molar-refractivity contribution >= 4 is 11.8 Å². The van der Waals surface area contributed by atoms with E-state index < -0.39 is 23.7 Å². The highest BCUT2D eigenvalue weighted by Gasteiger charge is 2.48. The van der Waals surface area contributed by atoms with Gasteiger partial charge in [0, 0.05) is 12.1 Å². The van der Waals surface area contributed by atoms with E-state index >= 15 is 0 Å². The summed E-state index contributed by atoms with van der Waals surface area (Å²) in [5.41, 5.74) is 1.12. The fourth-order valence-corrected chi connectivity index (χ4v) is 3.60. The Labute approximate surface area is 190 Å². The first-order valence-corrected chi connectivity index (χ1v) is 10.5. The minimum atomic E-state index is -1.68. The zero-order chi connectivity index (χ0) is 23.3. The summed E-state index contributed by atoms with van der Waals surface area (Å²) in [7, 11) is 0. The molecule has 9 nitrogen and oxygen atoms in total. The van der Waals surface area contributed by atoms with Crippen molar-refractivity contribution in [3.63, 3.8) is 0 Å². The van der Waals surface area contributed by atoms with E-state index in [-0.39, 0.29) is 31.2 Å². The van der Waals surface area contributed by atoms with Crippen LogP contribution in [0.1, 0.15) is 20.7 Å². The highest BCUT2D eigenvalue weighted by molar-refractivity contribution is 5.95. The van der Waals surface area contributed by atoms with Crippen molar-refractivity contribution < 1.29 is 24.5 Å². The summed E-state index contributed by atoms with van der Waals surface area (Å²) in [5.74, 6) is -0.777. The molecule has 2 heterocycles. The van der Waals surface area contributed by atoms with Crippen molar-refractivity contribution in [1.29, 1.82) is 0 Å². The van der Waals surface area contributed by atoms with Gasteiger partial charge in [-0.15, -0.1) is 0 Å². The van der Waals surface area contributed by atoms with Crippen molar-refractivity contribution in [2.24, 2.45) is 0 Å². The maximum Gasteiger partial charge on any atom is 0.253 e. The summed E-state index contributed by atoms with van der Waals surface area (Å²) < 4.78 is 5.49. The molecule has 1 aliphatic rings. The van der Waals surface area contributed by atoms with Gasteiger partial charge in [0.25, 0.3) is 11.8 Å². The van der Waals surface area contributed by atoms with Gasteiger partial charge >= 0.3 is 0 Å². The number of nitrogens with zero attached hydrogens (tertiary/aromatic N) is 2. The Balaban J connectivity index is 1.29. The third kappa shape index (κ3) is 5.23. The average molecular weight is 448 g/mol. The van der Waals surface area contributed by atoms with Gasteiger partial charge in [-0.1, -0.05) is 42.5 Å². The van der Waals surface area contributed by atoms with Gasteiger partial charge in [-0.3, -0.25) is 9.59 Å². The van der Waals surface area contributed by atoms with Gasteiger partial charge in [0.05, 0.1) is 31.1 Å². The Hall–Kier alpha value is -3.66. The molecule has 170 valence electrons. The fraction of sp³-hybridized carbons (Fsp3) is 0.250. The molecule has 2 amide bonds. The van der Waals surface area contributed by atoms with E-state index in [1.807, 2.05) is 42.5 Å². The molecule has 1 saturated heterocycles. The highest BCUT2D eigenvalue weighted by Crippen LogP contribution is 2.24. The molecular formula is C24H24N4O5. The number of amides is 2. The molecule has 3 atom stereocenters. The van der Waals surface area contributed by atoms with E-state index in [0.29, 0.717) is 5.56 Å². The number of hydrogen-bond donors (Lipinski definition) is 4. The van der Waals surface area contributed by atoms with Crippen molar-refractivity contribution in [1.82, 2.24) is 20.8 Å². The van der Waals surface area contributed by atoms with E-state index in [1.54, 1.807) is 12.1 Å². The molecule has 3 aromatic rings. The molecule has 33 heavy (non-hydrogen) atoms. The lowest BCUT2D eigenvalue weighted by atomic mass is 9.96. The molecule has 9 heteroatoms. The Morgan fingerprint density at radius 3 is 2.33 bits per heavy atom. The van der Waals surface area contributed by atoms with Gasteiger partial charge in [0.2, 0.25) is 0 Å². The van der Waals surface area contributed by atoms with E-state index in [0.717, 1.165) is 11.1 Å². The first-order valence-electron chi connectivity index (χ1n) is 10.5. The van der Waals surface area contributed by atoms with Crippen LogP contribution in [0.4, 0.5) is 0 Å². The lowest BCUT2D eigenvalue weighted by Crippen LogP contribution is -2.53. The first-order chi connectivity index (χ1) is 16.0. The number of nitrogens with one attached hydrogen (secondary N) is 2. The van der Waals surface area contributed by atoms with Crippen LogP contribution in [-0.4, -0.2) is 69.7 Å². The molecule has 0 radical (unpaired) electrons. The molecule has 4 N–H and O–H groups in total. The van der Waals surface area contributed by atoms with Crippen LogP contribution >= 0.6 is 0 Å². The fourth-order valence-electron chi connectivity index (χ4n) is 3.60. The number of aliphatic hydroxyl groups is 2. The molecule has 0 spiro atoms. The predicted molar refractivity (Wildman–Crippen MR) is 119 cm³/mol. The van der Waals surface area contributed by atoms with Gasteiger partial charge in [0.15, 0.2) is 0 Å². The van der Waals surface area contributed by atoms with Crippen LogP contribution < -0.4 is 10.6 Å². The Bertz CT molecular complexity index is 1090. The number of carbonyl (C=O) groups excluding carboxylic acids is 2. The maximum absolute atomic E-state index is 12.5. The summed E-state index contributed by atoms with van der Waals surface area (Å²) in [6.45, 7) is -0.402. The van der Waals surface area contributed by atoms with Gasteiger partial charge in [-0.2, -0.15) is 10.2 Å². The number of ether oxygens (including phenoxy) is 1. The molecule has 1 aliphatic heterocycles. The van der Waals surface area contributed by atoms with Gasteiger partial charge in [0.1, 0.15) is 17.8 Å². The van der Waals surface area contributed by atoms with Crippen LogP contribution in [0.2, 0.25) is 0 Å². The lowest BCUT2D eigenvalue weighted by Gasteiger charge is -2.26. The quantitative estimate of drug-likeness (QED) is 0.420. The molecule has 4 rings (SSSR count). The SMILES string of the molecule is O=C(NC[C@H]1OC[C@@](O)(CNC(=O)c2ccnnc2)[C@@H]1O)c1ccc(-c2ccccc2)cc1. The van der Waals surface area contributed by atoms with Gasteiger partial charge < -0.3 is 25.6 Å².